The number of H-pyrrole nitrogens is 1. The average molecular weight is 361 g/mol. The second kappa shape index (κ2) is 6.02. The average Bonchev–Trinajstić information content (AvgIpc) is 2.81. The number of aromatic nitrogens is 3. The molecule has 3 heterocycles. The highest BCUT2D eigenvalue weighted by Gasteiger charge is 2.44. The first kappa shape index (κ1) is 17.7. The van der Waals surface area contributed by atoms with Gasteiger partial charge in [-0.15, -0.1) is 0 Å². The van der Waals surface area contributed by atoms with Gasteiger partial charge < -0.3 is 25.0 Å². The Morgan fingerprint density at radius 3 is 2.52 bits per heavy atom. The lowest BCUT2D eigenvalue weighted by Gasteiger charge is -2.17. The molecular weight excluding hydrogens is 347 g/mol. The molecule has 0 spiro atoms. The number of alkyl halides is 3. The van der Waals surface area contributed by atoms with Crippen LogP contribution in [-0.2, 0) is 10.9 Å². The minimum absolute atomic E-state index is 0.0298. The van der Waals surface area contributed by atoms with Gasteiger partial charge in [-0.25, -0.2) is 4.98 Å². The maximum absolute atomic E-state index is 12.9. The Hall–Kier alpha value is -2.08. The SMILES string of the molecule is Cc1nc2cc([C@@H]3O[C@H](CO)C(O)[C@@H]3O)c(=O)nc-2[nH]c1C(F)(F)F. The van der Waals surface area contributed by atoms with Crippen molar-refractivity contribution in [3.8, 4) is 11.5 Å². The minimum atomic E-state index is -4.68. The summed E-state index contributed by atoms with van der Waals surface area (Å²) in [7, 11) is 0. The first-order valence-corrected chi connectivity index (χ1v) is 7.24. The number of aliphatic hydroxyl groups is 3. The molecule has 0 aromatic heterocycles. The lowest BCUT2D eigenvalue weighted by atomic mass is 10.0. The van der Waals surface area contributed by atoms with E-state index in [0.29, 0.717) is 0 Å². The fourth-order valence-corrected chi connectivity index (χ4v) is 2.76. The third-order valence-electron chi connectivity index (χ3n) is 4.02. The number of nitrogens with one attached hydrogen (secondary N) is 1. The summed E-state index contributed by atoms with van der Waals surface area (Å²) in [6.07, 6.45) is -9.97. The fraction of sp³-hybridized carbons (Fsp3) is 0.500. The number of halogens is 3. The predicted molar refractivity (Wildman–Crippen MR) is 75.7 cm³/mol. The minimum Gasteiger partial charge on any atom is -0.394 e. The third-order valence-corrected chi connectivity index (χ3v) is 4.02. The van der Waals surface area contributed by atoms with Crippen LogP contribution in [0.1, 0.15) is 23.1 Å². The molecule has 0 saturated carbocycles. The third kappa shape index (κ3) is 2.99. The molecule has 4 N–H and O–H groups in total. The maximum Gasteiger partial charge on any atom is 0.433 e. The van der Waals surface area contributed by atoms with Gasteiger partial charge in [-0.05, 0) is 13.0 Å². The summed E-state index contributed by atoms with van der Waals surface area (Å²) in [5.41, 5.74) is -2.59. The van der Waals surface area contributed by atoms with E-state index in [1.54, 1.807) is 0 Å². The molecule has 0 aromatic carbocycles. The fourth-order valence-electron chi connectivity index (χ4n) is 2.76. The number of hydrogen-bond acceptors (Lipinski definition) is 7. The highest BCUT2D eigenvalue weighted by molar-refractivity contribution is 5.53. The molecule has 3 aliphatic rings. The van der Waals surface area contributed by atoms with Crippen LogP contribution in [0, 0.1) is 6.92 Å². The molecular formula is C14H14F3N3O5. The Balaban J connectivity index is 2.10. The van der Waals surface area contributed by atoms with E-state index in [-0.39, 0.29) is 22.8 Å². The van der Waals surface area contributed by atoms with Gasteiger partial charge in [0.2, 0.25) is 0 Å². The van der Waals surface area contributed by atoms with Gasteiger partial charge in [-0.1, -0.05) is 0 Å². The lowest BCUT2D eigenvalue weighted by molar-refractivity contribution is -0.141. The normalized spacial score (nSPS) is 27.2. The smallest absolute Gasteiger partial charge is 0.394 e. The largest absolute Gasteiger partial charge is 0.433 e. The van der Waals surface area contributed by atoms with Crippen LogP contribution >= 0.6 is 0 Å². The van der Waals surface area contributed by atoms with Crippen molar-refractivity contribution in [3.05, 3.63) is 33.4 Å². The Morgan fingerprint density at radius 2 is 1.96 bits per heavy atom. The number of rotatable bonds is 2. The summed E-state index contributed by atoms with van der Waals surface area (Å²) in [5.74, 6) is -0.363. The van der Waals surface area contributed by atoms with Gasteiger partial charge in [-0.3, -0.25) is 4.79 Å². The van der Waals surface area contributed by atoms with Crippen LogP contribution in [0.3, 0.4) is 0 Å². The van der Waals surface area contributed by atoms with Crippen molar-refractivity contribution < 1.29 is 33.2 Å². The van der Waals surface area contributed by atoms with Crippen LogP contribution in [0.2, 0.25) is 0 Å². The first-order chi connectivity index (χ1) is 11.6. The monoisotopic (exact) mass is 361 g/mol. The molecule has 11 heteroatoms. The summed E-state index contributed by atoms with van der Waals surface area (Å²) in [4.78, 5) is 21.5. The van der Waals surface area contributed by atoms with Crippen molar-refractivity contribution in [2.75, 3.05) is 6.61 Å². The quantitative estimate of drug-likeness (QED) is 0.581. The highest BCUT2D eigenvalue weighted by Crippen LogP contribution is 2.35. The van der Waals surface area contributed by atoms with Crippen LogP contribution in [-0.4, -0.2) is 55.2 Å². The number of aromatic amines is 1. The second-order valence-corrected chi connectivity index (χ2v) is 5.70. The molecule has 136 valence electrons. The van der Waals surface area contributed by atoms with Crippen molar-refractivity contribution in [1.29, 1.82) is 0 Å². The molecule has 25 heavy (non-hydrogen) atoms. The van der Waals surface area contributed by atoms with Gasteiger partial charge in [0, 0.05) is 0 Å². The van der Waals surface area contributed by atoms with Crippen molar-refractivity contribution in [2.45, 2.75) is 37.5 Å². The van der Waals surface area contributed by atoms with Crippen molar-refractivity contribution in [2.24, 2.45) is 0 Å². The molecule has 0 aromatic rings. The van der Waals surface area contributed by atoms with Gasteiger partial charge in [-0.2, -0.15) is 18.2 Å². The summed E-state index contributed by atoms with van der Waals surface area (Å²) >= 11 is 0. The van der Waals surface area contributed by atoms with E-state index in [1.807, 2.05) is 4.98 Å². The lowest BCUT2D eigenvalue weighted by Crippen LogP contribution is -2.33. The van der Waals surface area contributed by atoms with E-state index >= 15 is 0 Å². The molecule has 3 aliphatic heterocycles. The van der Waals surface area contributed by atoms with Crippen LogP contribution in [0.15, 0.2) is 10.9 Å². The van der Waals surface area contributed by atoms with Gasteiger partial charge in [0.25, 0.3) is 5.56 Å². The predicted octanol–water partition coefficient (Wildman–Crippen LogP) is -0.249. The summed E-state index contributed by atoms with van der Waals surface area (Å²) in [6.45, 7) is 0.569. The van der Waals surface area contributed by atoms with Gasteiger partial charge in [0.15, 0.2) is 5.82 Å². The number of ether oxygens (including phenoxy) is 1. The Bertz CT molecular complexity index is 825. The van der Waals surface area contributed by atoms with Crippen LogP contribution in [0.4, 0.5) is 13.2 Å². The van der Waals surface area contributed by atoms with E-state index in [1.165, 1.54) is 0 Å². The molecule has 0 radical (unpaired) electrons. The van der Waals surface area contributed by atoms with Crippen LogP contribution in [0.25, 0.3) is 11.5 Å². The van der Waals surface area contributed by atoms with Crippen LogP contribution in [0.5, 0.6) is 0 Å². The molecule has 0 aliphatic carbocycles. The zero-order valence-corrected chi connectivity index (χ0v) is 12.8. The van der Waals surface area contributed by atoms with E-state index in [2.05, 4.69) is 9.97 Å². The highest BCUT2D eigenvalue weighted by atomic mass is 19.4. The zero-order valence-electron chi connectivity index (χ0n) is 12.8. The van der Waals surface area contributed by atoms with E-state index in [4.69, 9.17) is 9.84 Å². The Kier molecular flexibility index (Phi) is 4.27. The number of aryl methyl sites for hydroxylation is 1. The van der Waals surface area contributed by atoms with E-state index in [0.717, 1.165) is 13.0 Å². The summed E-state index contributed by atoms with van der Waals surface area (Å²) < 4.78 is 43.9. The number of fused-ring (bicyclic) bond motifs is 1. The second-order valence-electron chi connectivity index (χ2n) is 5.70. The van der Waals surface area contributed by atoms with Crippen molar-refractivity contribution in [3.63, 3.8) is 0 Å². The van der Waals surface area contributed by atoms with Gasteiger partial charge in [0.1, 0.15) is 35.8 Å². The van der Waals surface area contributed by atoms with E-state index < -0.39 is 48.5 Å². The topological polar surface area (TPSA) is 129 Å². The van der Waals surface area contributed by atoms with Crippen molar-refractivity contribution >= 4 is 0 Å². The van der Waals surface area contributed by atoms with Crippen LogP contribution < -0.4 is 5.56 Å². The van der Waals surface area contributed by atoms with Crippen molar-refractivity contribution in [1.82, 2.24) is 15.0 Å². The molecule has 1 unspecified atom stereocenters. The molecule has 8 nitrogen and oxygen atoms in total. The standard InChI is InChI=1S/C14H14F3N3O5/c1-4-11(14(15,16)17)19-12-6(18-4)2-5(13(24)20-12)10-9(23)8(22)7(3-21)25-10/h2,7-10,21-23H,3H2,1H3,(H,19,20,24)/t7-,8?,9+,10+/m1/s1. The summed E-state index contributed by atoms with van der Waals surface area (Å²) in [5, 5.41) is 28.8. The molecule has 1 fully saturated rings. The number of aliphatic hydroxyl groups excluding tert-OH is 3. The van der Waals surface area contributed by atoms with Gasteiger partial charge in [0.05, 0.1) is 17.9 Å². The Morgan fingerprint density at radius 1 is 1.28 bits per heavy atom. The molecule has 0 amide bonds. The first-order valence-electron chi connectivity index (χ1n) is 7.24. The molecule has 0 bridgehead atoms. The molecule has 1 saturated heterocycles. The number of pyridine rings is 1. The summed E-state index contributed by atoms with van der Waals surface area (Å²) in [6, 6.07) is 1.15. The Labute approximate surface area is 138 Å². The van der Waals surface area contributed by atoms with E-state index in [9.17, 15) is 28.2 Å². The molecule has 3 rings (SSSR count). The maximum atomic E-state index is 12.9. The van der Waals surface area contributed by atoms with Gasteiger partial charge >= 0.3 is 6.18 Å². The number of hydrogen-bond donors (Lipinski definition) is 4. The zero-order chi connectivity index (χ0) is 18.5. The molecule has 4 atom stereocenters. The number of nitrogens with zero attached hydrogens (tertiary/aromatic N) is 2.